The Morgan fingerprint density at radius 3 is 2.27 bits per heavy atom. The van der Waals surface area contributed by atoms with E-state index in [0.29, 0.717) is 0 Å². The molecular formula is C9H15Si2. The van der Waals surface area contributed by atoms with Crippen LogP contribution in [0.1, 0.15) is 0 Å². The molecular weight excluding hydrogens is 164 g/mol. The number of benzene rings is 1. The first-order valence-corrected chi connectivity index (χ1v) is 5.43. The Bertz CT molecular complexity index is 206. The standard InChI is InChI=1S/C9H11Si.H4Si/c1-3-10(2)9-7-5-4-6-8-9;/h3-8H,1H2,2H3;1H4. The first-order chi connectivity index (χ1) is 4.84. The zero-order valence-electron chi connectivity index (χ0n) is 6.17. The second-order valence-corrected chi connectivity index (χ2v) is 4.60. The van der Waals surface area contributed by atoms with Gasteiger partial charge >= 0.3 is 0 Å². The van der Waals surface area contributed by atoms with E-state index in [1.807, 2.05) is 6.07 Å². The van der Waals surface area contributed by atoms with Gasteiger partial charge in [-0.25, -0.2) is 0 Å². The summed E-state index contributed by atoms with van der Waals surface area (Å²) in [5.41, 5.74) is 2.06. The average Bonchev–Trinajstić information content (AvgIpc) is 2.05. The normalized spacial score (nSPS) is 8.91. The molecule has 1 aromatic rings. The van der Waals surface area contributed by atoms with Crippen molar-refractivity contribution in [3.8, 4) is 0 Å². The van der Waals surface area contributed by atoms with E-state index >= 15 is 0 Å². The predicted molar refractivity (Wildman–Crippen MR) is 59.2 cm³/mol. The van der Waals surface area contributed by atoms with E-state index in [9.17, 15) is 0 Å². The van der Waals surface area contributed by atoms with Crippen molar-refractivity contribution in [3.05, 3.63) is 42.6 Å². The van der Waals surface area contributed by atoms with E-state index in [0.717, 1.165) is 0 Å². The lowest BCUT2D eigenvalue weighted by Crippen LogP contribution is -2.23. The smallest absolute Gasteiger partial charge is 0.107 e. The van der Waals surface area contributed by atoms with Crippen molar-refractivity contribution in [1.29, 1.82) is 0 Å². The minimum Gasteiger partial charge on any atom is -0.107 e. The molecule has 1 rings (SSSR count). The quantitative estimate of drug-likeness (QED) is 0.573. The molecule has 1 radical (unpaired) electrons. The molecule has 0 bridgehead atoms. The summed E-state index contributed by atoms with van der Waals surface area (Å²) in [4.78, 5) is 0. The van der Waals surface area contributed by atoms with Gasteiger partial charge in [0, 0.05) is 0 Å². The van der Waals surface area contributed by atoms with Crippen molar-refractivity contribution in [1.82, 2.24) is 0 Å². The van der Waals surface area contributed by atoms with Gasteiger partial charge in [0.15, 0.2) is 0 Å². The third kappa shape index (κ3) is 2.86. The van der Waals surface area contributed by atoms with Crippen molar-refractivity contribution in [2.45, 2.75) is 6.55 Å². The highest BCUT2D eigenvalue weighted by molar-refractivity contribution is 6.76. The largest absolute Gasteiger partial charge is 0.108 e. The first-order valence-electron chi connectivity index (χ1n) is 3.36. The van der Waals surface area contributed by atoms with Gasteiger partial charge in [-0.1, -0.05) is 47.8 Å². The number of hydrogen-bond donors (Lipinski definition) is 0. The molecule has 2 heteroatoms. The minimum absolute atomic E-state index is 0. The number of rotatable bonds is 2. The topological polar surface area (TPSA) is 0 Å². The third-order valence-corrected chi connectivity index (χ3v) is 3.39. The van der Waals surface area contributed by atoms with Crippen LogP contribution in [0.2, 0.25) is 6.55 Å². The molecule has 11 heavy (non-hydrogen) atoms. The van der Waals surface area contributed by atoms with Crippen LogP contribution in [-0.4, -0.2) is 19.8 Å². The monoisotopic (exact) mass is 179 g/mol. The molecule has 0 unspecified atom stereocenters. The highest BCUT2D eigenvalue weighted by Gasteiger charge is 1.99. The molecule has 59 valence electrons. The summed E-state index contributed by atoms with van der Waals surface area (Å²) in [6.45, 7) is 6.03. The van der Waals surface area contributed by atoms with Crippen LogP contribution >= 0.6 is 0 Å². The second kappa shape index (κ2) is 5.10. The molecule has 0 atom stereocenters. The maximum atomic E-state index is 3.78. The average molecular weight is 179 g/mol. The summed E-state index contributed by atoms with van der Waals surface area (Å²) < 4.78 is 0. The van der Waals surface area contributed by atoms with E-state index < -0.39 is 8.80 Å². The van der Waals surface area contributed by atoms with Crippen molar-refractivity contribution in [3.63, 3.8) is 0 Å². The fraction of sp³-hybridized carbons (Fsp3) is 0.111. The van der Waals surface area contributed by atoms with Gasteiger partial charge in [-0.15, -0.1) is 6.58 Å². The molecule has 0 saturated heterocycles. The van der Waals surface area contributed by atoms with Crippen LogP contribution < -0.4 is 5.19 Å². The summed E-state index contributed by atoms with van der Waals surface area (Å²) in [5.74, 6) is 0. The molecule has 0 nitrogen and oxygen atoms in total. The Balaban J connectivity index is 0.000001000. The summed E-state index contributed by atoms with van der Waals surface area (Å²) in [7, 11) is -0.443. The Labute approximate surface area is 74.6 Å². The molecule has 0 heterocycles. The van der Waals surface area contributed by atoms with Crippen molar-refractivity contribution in [2.24, 2.45) is 0 Å². The SMILES string of the molecule is C=C[Si](C)c1ccccc1.[SiH4]. The van der Waals surface area contributed by atoms with Gasteiger partial charge in [-0.05, 0) is 11.0 Å². The summed E-state index contributed by atoms with van der Waals surface area (Å²) in [6, 6.07) is 10.5. The van der Waals surface area contributed by atoms with Crippen LogP contribution in [0.25, 0.3) is 0 Å². The van der Waals surface area contributed by atoms with E-state index in [4.69, 9.17) is 0 Å². The van der Waals surface area contributed by atoms with Crippen LogP contribution in [0.5, 0.6) is 0 Å². The van der Waals surface area contributed by atoms with Gasteiger partial charge in [0.2, 0.25) is 0 Å². The lowest BCUT2D eigenvalue weighted by molar-refractivity contribution is 1.75. The van der Waals surface area contributed by atoms with Crippen molar-refractivity contribution < 1.29 is 0 Å². The fourth-order valence-electron chi connectivity index (χ4n) is 0.819. The summed E-state index contributed by atoms with van der Waals surface area (Å²) in [5, 5.41) is 1.43. The van der Waals surface area contributed by atoms with Crippen LogP contribution in [0, 0.1) is 0 Å². The van der Waals surface area contributed by atoms with Gasteiger partial charge in [0.1, 0.15) is 8.80 Å². The summed E-state index contributed by atoms with van der Waals surface area (Å²) in [6.07, 6.45) is 0. The van der Waals surface area contributed by atoms with Crippen LogP contribution in [0.4, 0.5) is 0 Å². The molecule has 0 aromatic heterocycles. The van der Waals surface area contributed by atoms with Crippen LogP contribution in [0.3, 0.4) is 0 Å². The Morgan fingerprint density at radius 1 is 1.27 bits per heavy atom. The molecule has 0 N–H and O–H groups in total. The fourth-order valence-corrected chi connectivity index (χ4v) is 1.77. The zero-order chi connectivity index (χ0) is 7.40. The molecule has 0 aliphatic heterocycles. The highest BCUT2D eigenvalue weighted by Crippen LogP contribution is 1.87. The van der Waals surface area contributed by atoms with E-state index in [1.54, 1.807) is 0 Å². The maximum absolute atomic E-state index is 3.78. The van der Waals surface area contributed by atoms with Crippen LogP contribution in [0.15, 0.2) is 42.6 Å². The van der Waals surface area contributed by atoms with Crippen LogP contribution in [-0.2, 0) is 0 Å². The molecule has 0 aliphatic carbocycles. The van der Waals surface area contributed by atoms with Crippen molar-refractivity contribution in [2.75, 3.05) is 0 Å². The zero-order valence-corrected chi connectivity index (χ0v) is 7.17. The van der Waals surface area contributed by atoms with Gasteiger partial charge in [0.25, 0.3) is 0 Å². The molecule has 0 saturated carbocycles. The molecule has 1 aromatic carbocycles. The summed E-state index contributed by atoms with van der Waals surface area (Å²) >= 11 is 0. The van der Waals surface area contributed by atoms with Crippen molar-refractivity contribution >= 4 is 24.9 Å². The lowest BCUT2D eigenvalue weighted by Gasteiger charge is -2.01. The van der Waals surface area contributed by atoms with Gasteiger partial charge in [0.05, 0.1) is 0 Å². The third-order valence-electron chi connectivity index (χ3n) is 1.54. The molecule has 0 spiro atoms. The minimum atomic E-state index is -0.443. The second-order valence-electron chi connectivity index (χ2n) is 2.25. The molecule has 0 amide bonds. The number of hydrogen-bond acceptors (Lipinski definition) is 0. The Morgan fingerprint density at radius 2 is 1.82 bits per heavy atom. The van der Waals surface area contributed by atoms with Gasteiger partial charge in [-0.2, -0.15) is 0 Å². The molecule has 0 fully saturated rings. The van der Waals surface area contributed by atoms with E-state index in [1.165, 1.54) is 5.19 Å². The van der Waals surface area contributed by atoms with Gasteiger partial charge < -0.3 is 0 Å². The predicted octanol–water partition coefficient (Wildman–Crippen LogP) is 0.292. The van der Waals surface area contributed by atoms with Gasteiger partial charge in [-0.3, -0.25) is 0 Å². The lowest BCUT2D eigenvalue weighted by atomic mass is 10.4. The maximum Gasteiger partial charge on any atom is 0.108 e. The van der Waals surface area contributed by atoms with E-state index in [2.05, 4.69) is 43.1 Å². The highest BCUT2D eigenvalue weighted by atomic mass is 28.3. The first kappa shape index (κ1) is 10.4. The van der Waals surface area contributed by atoms with E-state index in [-0.39, 0.29) is 11.0 Å². The Hall–Kier alpha value is -0.606. The molecule has 0 aliphatic rings. The Kier molecular flexibility index (Phi) is 4.82.